The van der Waals surface area contributed by atoms with Gasteiger partial charge < -0.3 is 4.74 Å². The van der Waals surface area contributed by atoms with E-state index in [1.807, 2.05) is 0 Å². The predicted octanol–water partition coefficient (Wildman–Crippen LogP) is 6.49. The molecular weight excluding hydrogens is 304 g/mol. The van der Waals surface area contributed by atoms with Crippen molar-refractivity contribution in [3.05, 3.63) is 70.3 Å². The van der Waals surface area contributed by atoms with Gasteiger partial charge in [0.15, 0.2) is 0 Å². The minimum absolute atomic E-state index is 0.228. The van der Waals surface area contributed by atoms with Crippen molar-refractivity contribution >= 4 is 11.8 Å². The lowest BCUT2D eigenvalue weighted by atomic mass is 9.63. The zero-order valence-electron chi connectivity index (χ0n) is 16.4. The molecule has 0 spiro atoms. The first kappa shape index (κ1) is 17.8. The van der Waals surface area contributed by atoms with E-state index in [1.54, 1.807) is 7.11 Å². The quantitative estimate of drug-likeness (QED) is 0.460. The lowest BCUT2D eigenvalue weighted by Gasteiger charge is -2.42. The van der Waals surface area contributed by atoms with Gasteiger partial charge in [0.2, 0.25) is 0 Å². The van der Waals surface area contributed by atoms with Gasteiger partial charge in [0.05, 0.1) is 7.11 Å². The summed E-state index contributed by atoms with van der Waals surface area (Å²) >= 11 is 0. The molecule has 0 unspecified atom stereocenters. The molecule has 0 fully saturated rings. The minimum Gasteiger partial charge on any atom is -0.496 e. The van der Waals surface area contributed by atoms with E-state index in [0.717, 1.165) is 11.3 Å². The van der Waals surface area contributed by atoms with E-state index in [9.17, 15) is 0 Å². The Balaban J connectivity index is 2.05. The van der Waals surface area contributed by atoms with Crippen LogP contribution in [0.4, 0.5) is 0 Å². The Morgan fingerprint density at radius 2 is 1.48 bits per heavy atom. The van der Waals surface area contributed by atoms with Gasteiger partial charge in [-0.15, -0.1) is 0 Å². The highest BCUT2D eigenvalue weighted by atomic mass is 16.5. The Hall–Kier alpha value is -2.02. The van der Waals surface area contributed by atoms with Gasteiger partial charge in [-0.05, 0) is 53.4 Å². The lowest BCUT2D eigenvalue weighted by molar-refractivity contribution is 0.332. The maximum absolute atomic E-state index is 5.68. The Labute approximate surface area is 152 Å². The molecule has 2 aromatic carbocycles. The molecular formula is C24H30O. The second kappa shape index (κ2) is 6.37. The van der Waals surface area contributed by atoms with Gasteiger partial charge in [-0.25, -0.2) is 0 Å². The monoisotopic (exact) mass is 334 g/mol. The van der Waals surface area contributed by atoms with Crippen LogP contribution in [0.3, 0.4) is 0 Å². The summed E-state index contributed by atoms with van der Waals surface area (Å²) in [6.07, 6.45) is 4.63. The van der Waals surface area contributed by atoms with Gasteiger partial charge in [0, 0.05) is 5.56 Å². The molecule has 1 heteroatoms. The third-order valence-corrected chi connectivity index (χ3v) is 5.73. The predicted molar refractivity (Wildman–Crippen MR) is 108 cm³/mol. The van der Waals surface area contributed by atoms with Crippen LogP contribution >= 0.6 is 0 Å². The number of ether oxygens (including phenoxy) is 1. The normalized spacial score (nSPS) is 18.6. The van der Waals surface area contributed by atoms with Crippen molar-refractivity contribution in [2.24, 2.45) is 0 Å². The first-order valence-corrected chi connectivity index (χ1v) is 9.21. The summed E-state index contributed by atoms with van der Waals surface area (Å²) < 4.78 is 5.68. The van der Waals surface area contributed by atoms with Gasteiger partial charge in [-0.2, -0.15) is 0 Å². The summed E-state index contributed by atoms with van der Waals surface area (Å²) in [5, 5.41) is 0. The zero-order valence-corrected chi connectivity index (χ0v) is 16.4. The molecule has 0 saturated carbocycles. The van der Waals surface area contributed by atoms with Crippen molar-refractivity contribution in [1.82, 2.24) is 0 Å². The fourth-order valence-electron chi connectivity index (χ4n) is 3.83. The average Bonchev–Trinajstić information content (AvgIpc) is 2.58. The molecule has 0 atom stereocenters. The highest BCUT2D eigenvalue weighted by Gasteiger charge is 2.36. The van der Waals surface area contributed by atoms with Gasteiger partial charge in [0.25, 0.3) is 0 Å². The van der Waals surface area contributed by atoms with Crippen LogP contribution in [0.5, 0.6) is 0 Å². The number of hydrogen-bond donors (Lipinski definition) is 0. The third kappa shape index (κ3) is 3.51. The van der Waals surface area contributed by atoms with E-state index in [-0.39, 0.29) is 10.8 Å². The van der Waals surface area contributed by atoms with Crippen LogP contribution in [0.15, 0.2) is 42.5 Å². The van der Waals surface area contributed by atoms with Crippen molar-refractivity contribution in [2.45, 2.75) is 58.3 Å². The SMILES string of the molecule is CO/C(=C\c1ccc2c(c1)C(C)(C)CCC2(C)C)c1ccc(C)cc1. The molecule has 0 aromatic heterocycles. The summed E-state index contributed by atoms with van der Waals surface area (Å²) in [5.74, 6) is 0.910. The number of hydrogen-bond acceptors (Lipinski definition) is 1. The minimum atomic E-state index is 0.228. The highest BCUT2D eigenvalue weighted by Crippen LogP contribution is 2.46. The van der Waals surface area contributed by atoms with E-state index in [4.69, 9.17) is 4.74 Å². The Morgan fingerprint density at radius 1 is 0.880 bits per heavy atom. The van der Waals surface area contributed by atoms with Crippen LogP contribution in [-0.2, 0) is 15.6 Å². The Kier molecular flexibility index (Phi) is 4.53. The Bertz CT molecular complexity index is 791. The average molecular weight is 335 g/mol. The van der Waals surface area contributed by atoms with E-state index in [2.05, 4.69) is 83.2 Å². The molecule has 1 nitrogen and oxygen atoms in total. The molecule has 25 heavy (non-hydrogen) atoms. The maximum atomic E-state index is 5.68. The molecule has 0 bridgehead atoms. The number of fused-ring (bicyclic) bond motifs is 1. The standard InChI is InChI=1S/C24H30O/c1-17-7-10-19(11-8-17)22(25-6)16-18-9-12-20-21(15-18)24(4,5)14-13-23(20,2)3/h7-12,15-16H,13-14H2,1-6H3/b22-16-. The van der Waals surface area contributed by atoms with Crippen molar-refractivity contribution in [1.29, 1.82) is 0 Å². The largest absolute Gasteiger partial charge is 0.496 e. The number of benzene rings is 2. The molecule has 0 saturated heterocycles. The zero-order chi connectivity index (χ0) is 18.2. The molecule has 0 aliphatic heterocycles. The summed E-state index contributed by atoms with van der Waals surface area (Å²) in [6, 6.07) is 15.4. The summed E-state index contributed by atoms with van der Waals surface area (Å²) in [4.78, 5) is 0. The van der Waals surface area contributed by atoms with Crippen LogP contribution in [0.1, 0.15) is 68.4 Å². The second-order valence-corrected chi connectivity index (χ2v) is 8.65. The molecule has 0 N–H and O–H groups in total. The molecule has 1 aliphatic rings. The summed E-state index contributed by atoms with van der Waals surface area (Å²) in [6.45, 7) is 11.6. The van der Waals surface area contributed by atoms with Gasteiger partial charge in [-0.3, -0.25) is 0 Å². The molecule has 0 heterocycles. The maximum Gasteiger partial charge on any atom is 0.126 e. The highest BCUT2D eigenvalue weighted by molar-refractivity contribution is 5.77. The van der Waals surface area contributed by atoms with Gasteiger partial charge >= 0.3 is 0 Å². The van der Waals surface area contributed by atoms with E-state index in [0.29, 0.717) is 0 Å². The van der Waals surface area contributed by atoms with E-state index in [1.165, 1.54) is 35.1 Å². The Morgan fingerprint density at radius 3 is 2.08 bits per heavy atom. The summed E-state index contributed by atoms with van der Waals surface area (Å²) in [7, 11) is 1.75. The van der Waals surface area contributed by atoms with Crippen LogP contribution in [-0.4, -0.2) is 7.11 Å². The van der Waals surface area contributed by atoms with Crippen LogP contribution in [0.2, 0.25) is 0 Å². The molecule has 3 rings (SSSR count). The topological polar surface area (TPSA) is 9.23 Å². The second-order valence-electron chi connectivity index (χ2n) is 8.65. The molecule has 0 amide bonds. The van der Waals surface area contributed by atoms with Crippen molar-refractivity contribution in [3.63, 3.8) is 0 Å². The van der Waals surface area contributed by atoms with Crippen molar-refractivity contribution in [2.75, 3.05) is 7.11 Å². The molecule has 2 aromatic rings. The van der Waals surface area contributed by atoms with Crippen LogP contribution < -0.4 is 0 Å². The molecule has 1 aliphatic carbocycles. The van der Waals surface area contributed by atoms with E-state index < -0.39 is 0 Å². The molecule has 132 valence electrons. The number of rotatable bonds is 3. The molecule has 0 radical (unpaired) electrons. The number of aryl methyl sites for hydroxylation is 1. The fourth-order valence-corrected chi connectivity index (χ4v) is 3.83. The third-order valence-electron chi connectivity index (χ3n) is 5.73. The van der Waals surface area contributed by atoms with Gasteiger partial charge in [0.1, 0.15) is 5.76 Å². The van der Waals surface area contributed by atoms with Gasteiger partial charge in [-0.1, -0.05) is 75.7 Å². The first-order valence-electron chi connectivity index (χ1n) is 9.21. The van der Waals surface area contributed by atoms with E-state index >= 15 is 0 Å². The van der Waals surface area contributed by atoms with Crippen molar-refractivity contribution in [3.8, 4) is 0 Å². The lowest BCUT2D eigenvalue weighted by Crippen LogP contribution is -2.33. The van der Waals surface area contributed by atoms with Crippen LogP contribution in [0, 0.1) is 6.92 Å². The first-order chi connectivity index (χ1) is 11.7. The fraction of sp³-hybridized carbons (Fsp3) is 0.417. The summed E-state index contributed by atoms with van der Waals surface area (Å²) in [5.41, 5.74) is 7.05. The van der Waals surface area contributed by atoms with Crippen molar-refractivity contribution < 1.29 is 4.74 Å². The smallest absolute Gasteiger partial charge is 0.126 e. The van der Waals surface area contributed by atoms with Crippen LogP contribution in [0.25, 0.3) is 11.8 Å². The number of methoxy groups -OCH3 is 1.